The van der Waals surface area contributed by atoms with Gasteiger partial charge in [-0.1, -0.05) is 0 Å². The zero-order chi connectivity index (χ0) is 9.26. The number of aryl methyl sites for hydroxylation is 1. The predicted octanol–water partition coefficient (Wildman–Crippen LogP) is 1.19. The Morgan fingerprint density at radius 1 is 1.38 bits per heavy atom. The maximum Gasteiger partial charge on any atom is 0.161 e. The third-order valence-electron chi connectivity index (χ3n) is 1.85. The third-order valence-corrected chi connectivity index (χ3v) is 1.85. The summed E-state index contributed by atoms with van der Waals surface area (Å²) in [4.78, 5) is 3.97. The standard InChI is InChI=1S/C9H9N3O/c1-12-9(8(13)6-11-12)7-3-2-4-10-5-7/h2-6,13H,1H3. The van der Waals surface area contributed by atoms with Crippen molar-refractivity contribution < 1.29 is 5.11 Å². The molecule has 0 saturated carbocycles. The van der Waals surface area contributed by atoms with Gasteiger partial charge in [-0.3, -0.25) is 9.67 Å². The molecule has 0 atom stereocenters. The molecule has 2 aromatic heterocycles. The Morgan fingerprint density at radius 2 is 2.23 bits per heavy atom. The molecule has 0 aromatic carbocycles. The van der Waals surface area contributed by atoms with E-state index in [1.165, 1.54) is 6.20 Å². The van der Waals surface area contributed by atoms with Crippen LogP contribution in [0.4, 0.5) is 0 Å². The van der Waals surface area contributed by atoms with Gasteiger partial charge in [0.25, 0.3) is 0 Å². The van der Waals surface area contributed by atoms with Crippen LogP contribution in [0.1, 0.15) is 0 Å². The molecular weight excluding hydrogens is 166 g/mol. The van der Waals surface area contributed by atoms with Crippen molar-refractivity contribution in [2.75, 3.05) is 0 Å². The van der Waals surface area contributed by atoms with Gasteiger partial charge in [0.15, 0.2) is 5.75 Å². The van der Waals surface area contributed by atoms with Crippen molar-refractivity contribution in [1.82, 2.24) is 14.8 Å². The van der Waals surface area contributed by atoms with E-state index < -0.39 is 0 Å². The van der Waals surface area contributed by atoms with E-state index in [2.05, 4.69) is 10.1 Å². The number of aromatic nitrogens is 3. The molecule has 4 heteroatoms. The molecule has 0 spiro atoms. The SMILES string of the molecule is Cn1ncc(O)c1-c1cccnc1. The summed E-state index contributed by atoms with van der Waals surface area (Å²) in [5.74, 6) is 0.176. The number of hydrogen-bond donors (Lipinski definition) is 1. The molecule has 0 radical (unpaired) electrons. The Hall–Kier alpha value is -1.84. The minimum Gasteiger partial charge on any atom is -0.504 e. The van der Waals surface area contributed by atoms with Crippen LogP contribution < -0.4 is 0 Å². The highest BCUT2D eigenvalue weighted by Gasteiger charge is 2.08. The fraction of sp³-hybridized carbons (Fsp3) is 0.111. The first-order valence-corrected chi connectivity index (χ1v) is 3.90. The average molecular weight is 175 g/mol. The Kier molecular flexibility index (Phi) is 1.73. The summed E-state index contributed by atoms with van der Waals surface area (Å²) in [5, 5.41) is 13.4. The van der Waals surface area contributed by atoms with Crippen LogP contribution >= 0.6 is 0 Å². The van der Waals surface area contributed by atoms with Crippen molar-refractivity contribution in [1.29, 1.82) is 0 Å². The molecule has 4 nitrogen and oxygen atoms in total. The molecule has 0 unspecified atom stereocenters. The molecule has 66 valence electrons. The first-order valence-electron chi connectivity index (χ1n) is 3.90. The molecule has 0 amide bonds. The Morgan fingerprint density at radius 3 is 2.77 bits per heavy atom. The van der Waals surface area contributed by atoms with E-state index in [9.17, 15) is 5.11 Å². The van der Waals surface area contributed by atoms with Gasteiger partial charge in [-0.05, 0) is 12.1 Å². The van der Waals surface area contributed by atoms with Gasteiger partial charge in [-0.15, -0.1) is 0 Å². The van der Waals surface area contributed by atoms with Gasteiger partial charge in [0.2, 0.25) is 0 Å². The van der Waals surface area contributed by atoms with Gasteiger partial charge < -0.3 is 5.11 Å². The maximum atomic E-state index is 9.47. The van der Waals surface area contributed by atoms with Gasteiger partial charge in [0.1, 0.15) is 5.69 Å². The molecule has 0 saturated heterocycles. The average Bonchev–Trinajstić information content (AvgIpc) is 2.48. The smallest absolute Gasteiger partial charge is 0.161 e. The summed E-state index contributed by atoms with van der Waals surface area (Å²) in [5.41, 5.74) is 1.55. The van der Waals surface area contributed by atoms with Crippen LogP contribution in [0.3, 0.4) is 0 Å². The van der Waals surface area contributed by atoms with E-state index in [0.29, 0.717) is 5.69 Å². The zero-order valence-electron chi connectivity index (χ0n) is 7.18. The largest absolute Gasteiger partial charge is 0.504 e. The lowest BCUT2D eigenvalue weighted by atomic mass is 10.2. The summed E-state index contributed by atoms with van der Waals surface area (Å²) in [6.07, 6.45) is 4.80. The number of nitrogens with zero attached hydrogens (tertiary/aromatic N) is 3. The van der Waals surface area contributed by atoms with Gasteiger partial charge in [-0.25, -0.2) is 0 Å². The van der Waals surface area contributed by atoms with E-state index in [-0.39, 0.29) is 5.75 Å². The summed E-state index contributed by atoms with van der Waals surface area (Å²) in [7, 11) is 1.78. The number of pyridine rings is 1. The molecule has 2 aromatic rings. The van der Waals surface area contributed by atoms with Crippen LogP contribution in [0.2, 0.25) is 0 Å². The molecule has 2 heterocycles. The van der Waals surface area contributed by atoms with Crippen LogP contribution in [-0.4, -0.2) is 19.9 Å². The Bertz CT molecular complexity index is 389. The highest BCUT2D eigenvalue weighted by Crippen LogP contribution is 2.26. The Balaban J connectivity index is 2.59. The van der Waals surface area contributed by atoms with Crippen LogP contribution in [0.5, 0.6) is 5.75 Å². The van der Waals surface area contributed by atoms with E-state index >= 15 is 0 Å². The minimum atomic E-state index is 0.176. The number of hydrogen-bond acceptors (Lipinski definition) is 3. The van der Waals surface area contributed by atoms with Crippen molar-refractivity contribution >= 4 is 0 Å². The third kappa shape index (κ3) is 1.26. The second kappa shape index (κ2) is 2.90. The summed E-state index contributed by atoms with van der Waals surface area (Å²) >= 11 is 0. The predicted molar refractivity (Wildman–Crippen MR) is 48.1 cm³/mol. The van der Waals surface area contributed by atoms with Crippen molar-refractivity contribution in [2.45, 2.75) is 0 Å². The van der Waals surface area contributed by atoms with E-state index in [1.54, 1.807) is 24.1 Å². The lowest BCUT2D eigenvalue weighted by molar-refractivity contribution is 0.477. The molecule has 0 aliphatic heterocycles. The van der Waals surface area contributed by atoms with Crippen molar-refractivity contribution in [2.24, 2.45) is 7.05 Å². The van der Waals surface area contributed by atoms with Crippen molar-refractivity contribution in [3.05, 3.63) is 30.7 Å². The minimum absolute atomic E-state index is 0.176. The molecule has 13 heavy (non-hydrogen) atoms. The monoisotopic (exact) mass is 175 g/mol. The van der Waals surface area contributed by atoms with Gasteiger partial charge >= 0.3 is 0 Å². The van der Waals surface area contributed by atoms with Crippen LogP contribution in [-0.2, 0) is 7.05 Å². The maximum absolute atomic E-state index is 9.47. The molecule has 0 aliphatic rings. The van der Waals surface area contributed by atoms with Crippen LogP contribution in [0, 0.1) is 0 Å². The zero-order valence-corrected chi connectivity index (χ0v) is 7.18. The molecule has 0 bridgehead atoms. The van der Waals surface area contributed by atoms with E-state index in [4.69, 9.17) is 0 Å². The Labute approximate surface area is 75.5 Å². The van der Waals surface area contributed by atoms with Gasteiger partial charge in [0.05, 0.1) is 6.20 Å². The molecule has 2 rings (SSSR count). The lowest BCUT2D eigenvalue weighted by Gasteiger charge is -2.00. The van der Waals surface area contributed by atoms with Gasteiger partial charge in [0, 0.05) is 25.0 Å². The normalized spacial score (nSPS) is 10.2. The second-order valence-electron chi connectivity index (χ2n) is 2.74. The lowest BCUT2D eigenvalue weighted by Crippen LogP contribution is -1.93. The van der Waals surface area contributed by atoms with Crippen molar-refractivity contribution in [3.63, 3.8) is 0 Å². The molecule has 0 fully saturated rings. The molecule has 0 aliphatic carbocycles. The quantitative estimate of drug-likeness (QED) is 0.708. The second-order valence-corrected chi connectivity index (χ2v) is 2.74. The topological polar surface area (TPSA) is 50.9 Å². The number of rotatable bonds is 1. The first kappa shape index (κ1) is 7.79. The fourth-order valence-electron chi connectivity index (χ4n) is 1.26. The van der Waals surface area contributed by atoms with E-state index in [0.717, 1.165) is 5.56 Å². The van der Waals surface area contributed by atoms with Crippen LogP contribution in [0.15, 0.2) is 30.7 Å². The molecular formula is C9H9N3O. The summed E-state index contributed by atoms with van der Waals surface area (Å²) in [6.45, 7) is 0. The highest BCUT2D eigenvalue weighted by atomic mass is 16.3. The highest BCUT2D eigenvalue weighted by molar-refractivity contribution is 5.64. The van der Waals surface area contributed by atoms with E-state index in [1.807, 2.05) is 12.1 Å². The summed E-state index contributed by atoms with van der Waals surface area (Å²) < 4.78 is 1.62. The van der Waals surface area contributed by atoms with Gasteiger partial charge in [-0.2, -0.15) is 5.10 Å². The molecule has 1 N–H and O–H groups in total. The van der Waals surface area contributed by atoms with Crippen LogP contribution in [0.25, 0.3) is 11.3 Å². The fourth-order valence-corrected chi connectivity index (χ4v) is 1.26. The summed E-state index contributed by atoms with van der Waals surface area (Å²) in [6, 6.07) is 3.70. The van der Waals surface area contributed by atoms with Crippen molar-refractivity contribution in [3.8, 4) is 17.0 Å². The number of aromatic hydroxyl groups is 1. The first-order chi connectivity index (χ1) is 6.29.